The van der Waals surface area contributed by atoms with Gasteiger partial charge < -0.3 is 5.32 Å². The van der Waals surface area contributed by atoms with Gasteiger partial charge in [0, 0.05) is 19.1 Å². The summed E-state index contributed by atoms with van der Waals surface area (Å²) in [5.74, 6) is 0. The normalized spacial score (nSPS) is 13.2. The molecule has 2 heteroatoms. The molecule has 1 atom stereocenters. The van der Waals surface area contributed by atoms with Crippen LogP contribution in [0.5, 0.6) is 0 Å². The predicted molar refractivity (Wildman–Crippen MR) is 64.7 cm³/mol. The third-order valence-corrected chi connectivity index (χ3v) is 2.37. The first kappa shape index (κ1) is 13.7. The fraction of sp³-hybridized carbons (Fsp3) is 0.833. The van der Waals surface area contributed by atoms with Crippen molar-refractivity contribution in [1.82, 2.24) is 10.2 Å². The first-order valence-electron chi connectivity index (χ1n) is 5.70. The minimum absolute atomic E-state index is 0.600. The third-order valence-electron chi connectivity index (χ3n) is 2.37. The lowest BCUT2D eigenvalue weighted by Gasteiger charge is -2.28. The molecule has 0 spiro atoms. The van der Waals surface area contributed by atoms with Gasteiger partial charge in [-0.05, 0) is 33.4 Å². The van der Waals surface area contributed by atoms with E-state index in [1.807, 2.05) is 0 Å². The van der Waals surface area contributed by atoms with Gasteiger partial charge in [0.25, 0.3) is 0 Å². The van der Waals surface area contributed by atoms with Crippen molar-refractivity contribution in [2.45, 2.75) is 40.2 Å². The van der Waals surface area contributed by atoms with Gasteiger partial charge in [-0.1, -0.05) is 26.0 Å². The Morgan fingerprint density at radius 1 is 1.43 bits per heavy atom. The maximum absolute atomic E-state index is 3.96. The summed E-state index contributed by atoms with van der Waals surface area (Å²) in [6.45, 7) is 17.0. The second-order valence-electron chi connectivity index (χ2n) is 4.07. The molecule has 0 saturated carbocycles. The molecule has 0 rings (SSSR count). The van der Waals surface area contributed by atoms with E-state index in [1.54, 1.807) is 0 Å². The van der Waals surface area contributed by atoms with Crippen molar-refractivity contribution in [1.29, 1.82) is 0 Å². The molecule has 0 amide bonds. The van der Waals surface area contributed by atoms with Gasteiger partial charge in [-0.3, -0.25) is 4.90 Å². The third kappa shape index (κ3) is 6.17. The Hall–Kier alpha value is -0.340. The van der Waals surface area contributed by atoms with Crippen LogP contribution in [0.25, 0.3) is 0 Å². The molecule has 0 aromatic carbocycles. The maximum atomic E-state index is 3.96. The average Bonchev–Trinajstić information content (AvgIpc) is 2.14. The summed E-state index contributed by atoms with van der Waals surface area (Å²) >= 11 is 0. The van der Waals surface area contributed by atoms with Crippen molar-refractivity contribution in [2.24, 2.45) is 0 Å². The van der Waals surface area contributed by atoms with E-state index in [9.17, 15) is 0 Å². The van der Waals surface area contributed by atoms with Crippen LogP contribution in [-0.2, 0) is 0 Å². The summed E-state index contributed by atoms with van der Waals surface area (Å²) in [6.07, 6.45) is 1.21. The summed E-state index contributed by atoms with van der Waals surface area (Å²) < 4.78 is 0. The summed E-state index contributed by atoms with van der Waals surface area (Å²) in [7, 11) is 0. The predicted octanol–water partition coefficient (Wildman–Crippen LogP) is 2.27. The van der Waals surface area contributed by atoms with Gasteiger partial charge in [-0.15, -0.1) is 0 Å². The molecule has 84 valence electrons. The van der Waals surface area contributed by atoms with E-state index in [1.165, 1.54) is 12.0 Å². The number of hydrogen-bond acceptors (Lipinski definition) is 2. The Kier molecular flexibility index (Phi) is 7.81. The minimum atomic E-state index is 0.600. The highest BCUT2D eigenvalue weighted by Gasteiger charge is 2.10. The van der Waals surface area contributed by atoms with Crippen LogP contribution in [0.15, 0.2) is 12.2 Å². The summed E-state index contributed by atoms with van der Waals surface area (Å²) in [4.78, 5) is 2.45. The molecule has 0 radical (unpaired) electrons. The van der Waals surface area contributed by atoms with Crippen LogP contribution in [0.2, 0.25) is 0 Å². The van der Waals surface area contributed by atoms with E-state index in [0.29, 0.717) is 6.04 Å². The van der Waals surface area contributed by atoms with Crippen molar-refractivity contribution >= 4 is 0 Å². The zero-order valence-electron chi connectivity index (χ0n) is 10.3. The first-order chi connectivity index (χ1) is 6.61. The molecule has 14 heavy (non-hydrogen) atoms. The maximum Gasteiger partial charge on any atom is 0.0195 e. The number of likely N-dealkylation sites (N-methyl/N-ethyl adjacent to an activating group) is 1. The van der Waals surface area contributed by atoms with Crippen molar-refractivity contribution in [3.05, 3.63) is 12.2 Å². The van der Waals surface area contributed by atoms with E-state index in [2.05, 4.69) is 44.5 Å². The highest BCUT2D eigenvalue weighted by atomic mass is 15.2. The van der Waals surface area contributed by atoms with Gasteiger partial charge in [0.2, 0.25) is 0 Å². The molecule has 0 aromatic heterocycles. The lowest BCUT2D eigenvalue weighted by atomic mass is 10.2. The van der Waals surface area contributed by atoms with E-state index in [0.717, 1.165) is 26.2 Å². The lowest BCUT2D eigenvalue weighted by Crippen LogP contribution is -2.41. The number of rotatable bonds is 8. The Balaban J connectivity index is 3.78. The van der Waals surface area contributed by atoms with Crippen LogP contribution < -0.4 is 5.32 Å². The Morgan fingerprint density at radius 3 is 2.50 bits per heavy atom. The largest absolute Gasteiger partial charge is 0.315 e. The Morgan fingerprint density at radius 2 is 2.07 bits per heavy atom. The van der Waals surface area contributed by atoms with Crippen LogP contribution in [0, 0.1) is 0 Å². The lowest BCUT2D eigenvalue weighted by molar-refractivity contribution is 0.233. The molecule has 0 bridgehead atoms. The summed E-state index contributed by atoms with van der Waals surface area (Å²) in [6, 6.07) is 0.600. The zero-order chi connectivity index (χ0) is 11.0. The molecular weight excluding hydrogens is 172 g/mol. The van der Waals surface area contributed by atoms with Gasteiger partial charge in [-0.25, -0.2) is 0 Å². The second kappa shape index (κ2) is 8.01. The minimum Gasteiger partial charge on any atom is -0.315 e. The number of hydrogen-bond donors (Lipinski definition) is 1. The van der Waals surface area contributed by atoms with E-state index >= 15 is 0 Å². The number of nitrogens with one attached hydrogen (secondary N) is 1. The number of nitrogens with zero attached hydrogens (tertiary/aromatic N) is 1. The summed E-state index contributed by atoms with van der Waals surface area (Å²) in [5, 5.41) is 3.45. The van der Waals surface area contributed by atoms with Crippen LogP contribution in [0.4, 0.5) is 0 Å². The van der Waals surface area contributed by atoms with Crippen LogP contribution in [0.1, 0.15) is 34.1 Å². The van der Waals surface area contributed by atoms with E-state index in [4.69, 9.17) is 0 Å². The van der Waals surface area contributed by atoms with Gasteiger partial charge in [0.1, 0.15) is 0 Å². The molecule has 0 saturated heterocycles. The molecule has 0 aliphatic heterocycles. The highest BCUT2D eigenvalue weighted by Crippen LogP contribution is 2.01. The molecular formula is C12H26N2. The molecule has 0 aliphatic rings. The fourth-order valence-corrected chi connectivity index (χ4v) is 1.54. The Bertz CT molecular complexity index is 154. The standard InChI is InChI=1S/C12H26N2/c1-6-8-13-9-12(5)14(7-2)10-11(3)4/h12-13H,3,6-10H2,1-2,4-5H3. The van der Waals surface area contributed by atoms with Gasteiger partial charge in [-0.2, -0.15) is 0 Å². The molecule has 2 nitrogen and oxygen atoms in total. The van der Waals surface area contributed by atoms with Crippen molar-refractivity contribution in [2.75, 3.05) is 26.2 Å². The fourth-order valence-electron chi connectivity index (χ4n) is 1.54. The van der Waals surface area contributed by atoms with Crippen LogP contribution in [-0.4, -0.2) is 37.1 Å². The van der Waals surface area contributed by atoms with Gasteiger partial charge in [0.05, 0.1) is 0 Å². The topological polar surface area (TPSA) is 15.3 Å². The van der Waals surface area contributed by atoms with E-state index in [-0.39, 0.29) is 0 Å². The van der Waals surface area contributed by atoms with Gasteiger partial charge >= 0.3 is 0 Å². The first-order valence-corrected chi connectivity index (χ1v) is 5.70. The summed E-state index contributed by atoms with van der Waals surface area (Å²) in [5.41, 5.74) is 1.24. The smallest absolute Gasteiger partial charge is 0.0195 e. The highest BCUT2D eigenvalue weighted by molar-refractivity contribution is 4.92. The van der Waals surface area contributed by atoms with E-state index < -0.39 is 0 Å². The van der Waals surface area contributed by atoms with Crippen molar-refractivity contribution in [3.8, 4) is 0 Å². The van der Waals surface area contributed by atoms with Crippen LogP contribution >= 0.6 is 0 Å². The quantitative estimate of drug-likeness (QED) is 0.475. The molecule has 0 aliphatic carbocycles. The van der Waals surface area contributed by atoms with Crippen molar-refractivity contribution in [3.63, 3.8) is 0 Å². The average molecular weight is 198 g/mol. The zero-order valence-corrected chi connectivity index (χ0v) is 10.3. The Labute approximate surface area is 89.4 Å². The van der Waals surface area contributed by atoms with Crippen molar-refractivity contribution < 1.29 is 0 Å². The second-order valence-corrected chi connectivity index (χ2v) is 4.07. The SMILES string of the molecule is C=C(C)CN(CC)C(C)CNCCC. The van der Waals surface area contributed by atoms with Gasteiger partial charge in [0.15, 0.2) is 0 Å². The monoisotopic (exact) mass is 198 g/mol. The molecule has 0 aromatic rings. The molecule has 0 heterocycles. The molecule has 1 N–H and O–H groups in total. The van der Waals surface area contributed by atoms with Crippen LogP contribution in [0.3, 0.4) is 0 Å². The molecule has 1 unspecified atom stereocenters. The molecule has 0 fully saturated rings.